The fourth-order valence-electron chi connectivity index (χ4n) is 1.97. The predicted octanol–water partition coefficient (Wildman–Crippen LogP) is 1.52. The van der Waals surface area contributed by atoms with Crippen molar-refractivity contribution >= 4 is 11.7 Å². The van der Waals surface area contributed by atoms with Crippen LogP contribution in [0.1, 0.15) is 21.6 Å². The second-order valence-corrected chi connectivity index (χ2v) is 4.90. The van der Waals surface area contributed by atoms with E-state index in [-0.39, 0.29) is 28.5 Å². The number of benzene rings is 1. The number of hydrogen-bond acceptors (Lipinski definition) is 5. The number of carbonyl (C=O) groups is 1. The Labute approximate surface area is 126 Å². The van der Waals surface area contributed by atoms with Crippen molar-refractivity contribution in [3.05, 3.63) is 51.2 Å². The van der Waals surface area contributed by atoms with Crippen LogP contribution in [-0.2, 0) is 0 Å². The number of nitrogens with one attached hydrogen (secondary N) is 1. The lowest BCUT2D eigenvalue weighted by Gasteiger charge is -2.14. The third-order valence-electron chi connectivity index (χ3n) is 3.20. The zero-order chi connectivity index (χ0) is 16.4. The molecule has 2 aromatic rings. The summed E-state index contributed by atoms with van der Waals surface area (Å²) in [6.45, 7) is 1.46. The molecular formula is C15H16FN3O3. The maximum absolute atomic E-state index is 14.0. The average molecular weight is 305 g/mol. The number of nitrogens with zero attached hydrogens (tertiary/aromatic N) is 2. The molecule has 0 aliphatic rings. The monoisotopic (exact) mass is 305 g/mol. The Hall–Kier alpha value is -2.70. The minimum Gasteiger partial charge on any atom is -0.496 e. The van der Waals surface area contributed by atoms with Crippen LogP contribution in [0.25, 0.3) is 0 Å². The maximum atomic E-state index is 14.0. The standard InChI is InChI=1S/C15H16FN3O3/c1-8-12(17-15(19(2)3)18-14(8)21)13(20)11-9(16)6-5-7-10(11)22-4/h5-7H,1-4H3,(H,17,18,21). The Bertz CT molecular complexity index is 784. The zero-order valence-corrected chi connectivity index (χ0v) is 12.7. The molecule has 1 aromatic carbocycles. The van der Waals surface area contributed by atoms with Crippen LogP contribution in [0.15, 0.2) is 23.0 Å². The molecule has 0 amide bonds. The van der Waals surface area contributed by atoms with Gasteiger partial charge in [0.1, 0.15) is 22.8 Å². The van der Waals surface area contributed by atoms with E-state index in [0.29, 0.717) is 0 Å². The molecule has 0 spiro atoms. The topological polar surface area (TPSA) is 75.3 Å². The van der Waals surface area contributed by atoms with Crippen LogP contribution in [0.4, 0.5) is 10.3 Å². The van der Waals surface area contributed by atoms with Gasteiger partial charge < -0.3 is 9.64 Å². The van der Waals surface area contributed by atoms with Crippen LogP contribution in [-0.4, -0.2) is 37.0 Å². The minimum absolute atomic E-state index is 0.0953. The SMILES string of the molecule is COc1cccc(F)c1C(=O)c1nc(N(C)C)[nH]c(=O)c1C. The van der Waals surface area contributed by atoms with Gasteiger partial charge in [0.2, 0.25) is 11.7 Å². The number of rotatable bonds is 4. The van der Waals surface area contributed by atoms with E-state index in [9.17, 15) is 14.0 Å². The molecule has 1 aromatic heterocycles. The maximum Gasteiger partial charge on any atom is 0.255 e. The highest BCUT2D eigenvalue weighted by Crippen LogP contribution is 2.24. The normalized spacial score (nSPS) is 10.4. The first-order valence-corrected chi connectivity index (χ1v) is 6.52. The van der Waals surface area contributed by atoms with Crippen LogP contribution < -0.4 is 15.2 Å². The molecule has 7 heteroatoms. The Kier molecular flexibility index (Phi) is 4.25. The van der Waals surface area contributed by atoms with Gasteiger partial charge in [-0.25, -0.2) is 9.37 Å². The Morgan fingerprint density at radius 3 is 2.64 bits per heavy atom. The first kappa shape index (κ1) is 15.7. The van der Waals surface area contributed by atoms with Crippen molar-refractivity contribution in [1.29, 1.82) is 0 Å². The lowest BCUT2D eigenvalue weighted by molar-refractivity contribution is 0.102. The highest BCUT2D eigenvalue weighted by molar-refractivity contribution is 6.10. The Morgan fingerprint density at radius 1 is 1.36 bits per heavy atom. The number of H-pyrrole nitrogens is 1. The molecule has 0 aliphatic carbocycles. The molecule has 1 heterocycles. The number of carbonyl (C=O) groups excluding carboxylic acids is 1. The van der Waals surface area contributed by atoms with E-state index in [1.54, 1.807) is 19.0 Å². The summed E-state index contributed by atoms with van der Waals surface area (Å²) in [4.78, 5) is 32.8. The first-order chi connectivity index (χ1) is 10.4. The van der Waals surface area contributed by atoms with Gasteiger partial charge in [-0.2, -0.15) is 0 Å². The molecule has 0 bridgehead atoms. The van der Waals surface area contributed by atoms with E-state index in [1.165, 1.54) is 26.2 Å². The third kappa shape index (κ3) is 2.69. The van der Waals surface area contributed by atoms with E-state index < -0.39 is 17.2 Å². The van der Waals surface area contributed by atoms with E-state index in [4.69, 9.17) is 4.74 Å². The fourth-order valence-corrected chi connectivity index (χ4v) is 1.97. The van der Waals surface area contributed by atoms with E-state index in [2.05, 4.69) is 9.97 Å². The van der Waals surface area contributed by atoms with Gasteiger partial charge in [-0.05, 0) is 19.1 Å². The summed E-state index contributed by atoms with van der Waals surface area (Å²) >= 11 is 0. The smallest absolute Gasteiger partial charge is 0.255 e. The molecule has 1 N–H and O–H groups in total. The third-order valence-corrected chi connectivity index (χ3v) is 3.20. The molecule has 116 valence electrons. The average Bonchev–Trinajstić information content (AvgIpc) is 2.48. The van der Waals surface area contributed by atoms with Gasteiger partial charge >= 0.3 is 0 Å². The first-order valence-electron chi connectivity index (χ1n) is 6.52. The van der Waals surface area contributed by atoms with Gasteiger partial charge in [-0.15, -0.1) is 0 Å². The molecule has 0 saturated carbocycles. The number of aromatic amines is 1. The minimum atomic E-state index is -0.725. The van der Waals surface area contributed by atoms with Crippen molar-refractivity contribution in [3.63, 3.8) is 0 Å². The number of ether oxygens (including phenoxy) is 1. The lowest BCUT2D eigenvalue weighted by atomic mass is 10.0. The van der Waals surface area contributed by atoms with Gasteiger partial charge in [0.15, 0.2) is 0 Å². The fraction of sp³-hybridized carbons (Fsp3) is 0.267. The van der Waals surface area contributed by atoms with E-state index in [1.807, 2.05) is 0 Å². The summed E-state index contributed by atoms with van der Waals surface area (Å²) < 4.78 is 19.1. The molecule has 0 radical (unpaired) electrons. The number of aromatic nitrogens is 2. The number of hydrogen-bond donors (Lipinski definition) is 1. The van der Waals surface area contributed by atoms with Crippen LogP contribution in [0, 0.1) is 12.7 Å². The highest BCUT2D eigenvalue weighted by Gasteiger charge is 2.24. The van der Waals surface area contributed by atoms with Crippen LogP contribution in [0.5, 0.6) is 5.75 Å². The number of methoxy groups -OCH3 is 1. The van der Waals surface area contributed by atoms with Gasteiger partial charge in [-0.1, -0.05) is 6.07 Å². The largest absolute Gasteiger partial charge is 0.496 e. The number of ketones is 1. The van der Waals surface area contributed by atoms with Gasteiger partial charge in [-0.3, -0.25) is 14.6 Å². The highest BCUT2D eigenvalue weighted by atomic mass is 19.1. The molecule has 0 saturated heterocycles. The Morgan fingerprint density at radius 2 is 2.05 bits per heavy atom. The van der Waals surface area contributed by atoms with E-state index >= 15 is 0 Å². The molecule has 0 unspecified atom stereocenters. The summed E-state index contributed by atoms with van der Waals surface area (Å²) in [5.41, 5.74) is -0.662. The molecule has 6 nitrogen and oxygen atoms in total. The van der Waals surface area contributed by atoms with Crippen LogP contribution in [0.2, 0.25) is 0 Å². The van der Waals surface area contributed by atoms with E-state index in [0.717, 1.165) is 6.07 Å². The summed E-state index contributed by atoms with van der Waals surface area (Å²) in [7, 11) is 4.69. The van der Waals surface area contributed by atoms with Gasteiger partial charge in [0.05, 0.1) is 7.11 Å². The second-order valence-electron chi connectivity index (χ2n) is 4.90. The van der Waals surface area contributed by atoms with Gasteiger partial charge in [0.25, 0.3) is 5.56 Å². The van der Waals surface area contributed by atoms with Crippen molar-refractivity contribution < 1.29 is 13.9 Å². The summed E-state index contributed by atoms with van der Waals surface area (Å²) in [5, 5.41) is 0. The molecular weight excluding hydrogens is 289 g/mol. The molecule has 2 rings (SSSR count). The summed E-state index contributed by atoms with van der Waals surface area (Å²) in [5.74, 6) is -1.11. The quantitative estimate of drug-likeness (QED) is 0.867. The zero-order valence-electron chi connectivity index (χ0n) is 12.7. The Balaban J connectivity index is 2.67. The van der Waals surface area contributed by atoms with Crippen molar-refractivity contribution in [3.8, 4) is 5.75 Å². The lowest BCUT2D eigenvalue weighted by Crippen LogP contribution is -2.24. The van der Waals surface area contributed by atoms with Gasteiger partial charge in [0, 0.05) is 19.7 Å². The second kappa shape index (κ2) is 5.97. The molecule has 0 fully saturated rings. The van der Waals surface area contributed by atoms with Crippen molar-refractivity contribution in [2.75, 3.05) is 26.1 Å². The number of halogens is 1. The molecule has 22 heavy (non-hydrogen) atoms. The van der Waals surface area contributed by atoms with Crippen molar-refractivity contribution in [1.82, 2.24) is 9.97 Å². The summed E-state index contributed by atoms with van der Waals surface area (Å²) in [6.07, 6.45) is 0. The molecule has 0 atom stereocenters. The van der Waals surface area contributed by atoms with Crippen molar-refractivity contribution in [2.24, 2.45) is 0 Å². The van der Waals surface area contributed by atoms with Crippen molar-refractivity contribution in [2.45, 2.75) is 6.92 Å². The molecule has 0 aliphatic heterocycles. The number of anilines is 1. The summed E-state index contributed by atoms with van der Waals surface area (Å²) in [6, 6.07) is 4.07. The van der Waals surface area contributed by atoms with Crippen LogP contribution >= 0.6 is 0 Å². The predicted molar refractivity (Wildman–Crippen MR) is 80.3 cm³/mol. The van der Waals surface area contributed by atoms with Crippen LogP contribution in [0.3, 0.4) is 0 Å².